The van der Waals surface area contributed by atoms with Crippen LogP contribution in [-0.4, -0.2) is 15.7 Å². The van der Waals surface area contributed by atoms with E-state index in [1.54, 1.807) is 6.07 Å². The number of rotatable bonds is 4. The van der Waals surface area contributed by atoms with Crippen LogP contribution in [0, 0.1) is 6.92 Å². The first-order valence-electron chi connectivity index (χ1n) is 8.32. The molecule has 0 saturated carbocycles. The van der Waals surface area contributed by atoms with Gasteiger partial charge in [0.15, 0.2) is 0 Å². The molecule has 0 aliphatic rings. The maximum atomic E-state index is 12.5. The maximum Gasteiger partial charge on any atom is 0.275 e. The van der Waals surface area contributed by atoms with Gasteiger partial charge in [-0.25, -0.2) is 4.68 Å². The maximum absolute atomic E-state index is 12.5. The zero-order valence-electron chi connectivity index (χ0n) is 14.6. The summed E-state index contributed by atoms with van der Waals surface area (Å²) < 4.78 is 1.22. The van der Waals surface area contributed by atoms with Gasteiger partial charge in [0.2, 0.25) is 5.91 Å². The molecule has 0 unspecified atom stereocenters. The molecule has 128 valence electrons. The lowest BCUT2D eigenvalue weighted by Gasteiger charge is -2.11. The third kappa shape index (κ3) is 3.60. The lowest BCUT2D eigenvalue weighted by atomic mass is 10.0. The fourth-order valence-electron chi connectivity index (χ4n) is 2.82. The third-order valence-electron chi connectivity index (χ3n) is 4.18. The molecule has 2 aromatic carbocycles. The van der Waals surface area contributed by atoms with Gasteiger partial charge >= 0.3 is 0 Å². The van der Waals surface area contributed by atoms with E-state index in [0.29, 0.717) is 11.3 Å². The molecule has 1 amide bonds. The Morgan fingerprint density at radius 3 is 2.56 bits per heavy atom. The molecule has 25 heavy (non-hydrogen) atoms. The largest absolute Gasteiger partial charge is 0.324 e. The number of anilines is 1. The summed E-state index contributed by atoms with van der Waals surface area (Å²) in [7, 11) is 0. The highest BCUT2D eigenvalue weighted by Crippen LogP contribution is 2.18. The molecule has 0 bridgehead atoms. The van der Waals surface area contributed by atoms with Gasteiger partial charge in [0.05, 0.1) is 11.1 Å². The van der Waals surface area contributed by atoms with E-state index in [1.165, 1.54) is 4.68 Å². The van der Waals surface area contributed by atoms with E-state index >= 15 is 0 Å². The molecule has 1 heterocycles. The summed E-state index contributed by atoms with van der Waals surface area (Å²) in [6.07, 6.45) is 0. The molecule has 5 heteroatoms. The Hall–Kier alpha value is -2.95. The Kier molecular flexibility index (Phi) is 4.65. The number of hydrogen-bond acceptors (Lipinski definition) is 3. The summed E-state index contributed by atoms with van der Waals surface area (Å²) in [5.41, 5.74) is 2.34. The second-order valence-electron chi connectivity index (χ2n) is 6.42. The van der Waals surface area contributed by atoms with Gasteiger partial charge in [0.1, 0.15) is 6.54 Å². The Morgan fingerprint density at radius 1 is 1.12 bits per heavy atom. The first-order chi connectivity index (χ1) is 12.0. The van der Waals surface area contributed by atoms with Crippen molar-refractivity contribution in [3.63, 3.8) is 0 Å². The van der Waals surface area contributed by atoms with Crippen molar-refractivity contribution in [1.29, 1.82) is 0 Å². The molecule has 0 saturated heterocycles. The van der Waals surface area contributed by atoms with Crippen molar-refractivity contribution >= 4 is 22.4 Å². The quantitative estimate of drug-likeness (QED) is 0.794. The zero-order valence-corrected chi connectivity index (χ0v) is 14.6. The van der Waals surface area contributed by atoms with Crippen LogP contribution in [0.25, 0.3) is 10.8 Å². The monoisotopic (exact) mass is 335 g/mol. The van der Waals surface area contributed by atoms with Crippen molar-refractivity contribution in [2.45, 2.75) is 33.2 Å². The molecule has 0 aliphatic heterocycles. The molecule has 0 aliphatic carbocycles. The number of nitrogens with one attached hydrogen (secondary N) is 1. The highest BCUT2D eigenvalue weighted by atomic mass is 16.2. The van der Waals surface area contributed by atoms with Crippen LogP contribution in [-0.2, 0) is 11.3 Å². The Morgan fingerprint density at radius 2 is 1.84 bits per heavy atom. The fraction of sp³-hybridized carbons (Fsp3) is 0.250. The minimum absolute atomic E-state index is 0.115. The van der Waals surface area contributed by atoms with Gasteiger partial charge in [0, 0.05) is 11.1 Å². The average Bonchev–Trinajstić information content (AvgIpc) is 2.59. The fourth-order valence-corrected chi connectivity index (χ4v) is 2.82. The summed E-state index contributed by atoms with van der Waals surface area (Å²) in [4.78, 5) is 24.9. The number of fused-ring (bicyclic) bond motifs is 1. The van der Waals surface area contributed by atoms with Crippen molar-refractivity contribution in [3.8, 4) is 0 Å². The van der Waals surface area contributed by atoms with Crippen molar-refractivity contribution in [2.24, 2.45) is 0 Å². The normalized spacial score (nSPS) is 11.0. The number of aryl methyl sites for hydroxylation is 1. The SMILES string of the molecule is Cc1nn(CC(=O)Nc2cccc(C(C)C)c2)c(=O)c2ccccc12. The standard InChI is InChI=1S/C20H21N3O2/c1-13(2)15-7-6-8-16(11-15)21-19(24)12-23-20(25)18-10-5-4-9-17(18)14(3)22-23/h4-11,13H,12H2,1-3H3,(H,21,24). The topological polar surface area (TPSA) is 64.0 Å². The van der Waals surface area contributed by atoms with Crippen LogP contribution >= 0.6 is 0 Å². The Bertz CT molecular complexity index is 990. The smallest absolute Gasteiger partial charge is 0.275 e. The molecule has 0 spiro atoms. The van der Waals surface area contributed by atoms with E-state index in [1.807, 2.05) is 49.4 Å². The van der Waals surface area contributed by atoms with Crippen LogP contribution in [0.4, 0.5) is 5.69 Å². The van der Waals surface area contributed by atoms with Crippen LogP contribution < -0.4 is 10.9 Å². The van der Waals surface area contributed by atoms with Crippen molar-refractivity contribution in [3.05, 3.63) is 70.1 Å². The summed E-state index contributed by atoms with van der Waals surface area (Å²) in [6, 6.07) is 15.0. The number of amides is 1. The van der Waals surface area contributed by atoms with Crippen LogP contribution in [0.2, 0.25) is 0 Å². The van der Waals surface area contributed by atoms with Crippen molar-refractivity contribution < 1.29 is 4.79 Å². The second-order valence-corrected chi connectivity index (χ2v) is 6.42. The van der Waals surface area contributed by atoms with Crippen LogP contribution in [0.1, 0.15) is 31.0 Å². The van der Waals surface area contributed by atoms with Gasteiger partial charge < -0.3 is 5.32 Å². The molecule has 3 rings (SSSR count). The Labute approximate surface area is 146 Å². The van der Waals surface area contributed by atoms with E-state index in [9.17, 15) is 9.59 Å². The predicted octanol–water partition coefficient (Wildman–Crippen LogP) is 3.47. The average molecular weight is 335 g/mol. The van der Waals surface area contributed by atoms with Gasteiger partial charge in [-0.1, -0.05) is 44.2 Å². The highest BCUT2D eigenvalue weighted by molar-refractivity contribution is 5.91. The zero-order chi connectivity index (χ0) is 18.0. The molecule has 0 radical (unpaired) electrons. The van der Waals surface area contributed by atoms with Gasteiger partial charge in [-0.3, -0.25) is 9.59 Å². The number of benzene rings is 2. The summed E-state index contributed by atoms with van der Waals surface area (Å²) >= 11 is 0. The molecule has 0 fully saturated rings. The number of carbonyl (C=O) groups excluding carboxylic acids is 1. The molecular weight excluding hydrogens is 314 g/mol. The molecule has 1 N–H and O–H groups in total. The van der Waals surface area contributed by atoms with E-state index in [2.05, 4.69) is 24.3 Å². The van der Waals surface area contributed by atoms with Crippen molar-refractivity contribution in [1.82, 2.24) is 9.78 Å². The van der Waals surface area contributed by atoms with E-state index < -0.39 is 0 Å². The minimum atomic E-state index is -0.273. The van der Waals surface area contributed by atoms with Crippen LogP contribution in [0.5, 0.6) is 0 Å². The van der Waals surface area contributed by atoms with Gasteiger partial charge in [-0.05, 0) is 36.6 Å². The number of aromatic nitrogens is 2. The van der Waals surface area contributed by atoms with Gasteiger partial charge in [0.25, 0.3) is 5.56 Å². The van der Waals surface area contributed by atoms with Gasteiger partial charge in [-0.15, -0.1) is 0 Å². The summed E-state index contributed by atoms with van der Waals surface area (Å²) in [5.74, 6) is 0.106. The van der Waals surface area contributed by atoms with Crippen molar-refractivity contribution in [2.75, 3.05) is 5.32 Å². The molecule has 0 atom stereocenters. The number of carbonyl (C=O) groups is 1. The van der Waals surface area contributed by atoms with Gasteiger partial charge in [-0.2, -0.15) is 5.10 Å². The van der Waals surface area contributed by atoms with E-state index in [0.717, 1.165) is 22.3 Å². The number of hydrogen-bond donors (Lipinski definition) is 1. The lowest BCUT2D eigenvalue weighted by Crippen LogP contribution is -2.30. The lowest BCUT2D eigenvalue weighted by molar-refractivity contribution is -0.117. The summed E-state index contributed by atoms with van der Waals surface area (Å²) in [6.45, 7) is 5.92. The van der Waals surface area contributed by atoms with E-state index in [-0.39, 0.29) is 18.0 Å². The highest BCUT2D eigenvalue weighted by Gasteiger charge is 2.11. The molecular formula is C20H21N3O2. The van der Waals surface area contributed by atoms with Crippen LogP contribution in [0.15, 0.2) is 53.3 Å². The van der Waals surface area contributed by atoms with Crippen LogP contribution in [0.3, 0.4) is 0 Å². The first kappa shape index (κ1) is 16.9. The summed E-state index contributed by atoms with van der Waals surface area (Å²) in [5, 5.41) is 8.50. The Balaban J connectivity index is 1.84. The number of nitrogens with zero attached hydrogens (tertiary/aromatic N) is 2. The molecule has 3 aromatic rings. The molecule has 5 nitrogen and oxygen atoms in total. The van der Waals surface area contributed by atoms with E-state index in [4.69, 9.17) is 0 Å². The third-order valence-corrected chi connectivity index (χ3v) is 4.18. The minimum Gasteiger partial charge on any atom is -0.324 e. The second kappa shape index (κ2) is 6.89. The first-order valence-corrected chi connectivity index (χ1v) is 8.32. The predicted molar refractivity (Wildman–Crippen MR) is 99.9 cm³/mol. The molecule has 1 aromatic heterocycles.